The van der Waals surface area contributed by atoms with E-state index in [0.29, 0.717) is 18.9 Å². The van der Waals surface area contributed by atoms with Crippen LogP contribution in [0.1, 0.15) is 25.1 Å². The molecule has 3 rings (SSSR count). The van der Waals surface area contributed by atoms with Crippen molar-refractivity contribution in [3.05, 3.63) is 48.3 Å². The first-order chi connectivity index (χ1) is 13.9. The summed E-state index contributed by atoms with van der Waals surface area (Å²) in [4.78, 5) is 4.91. The lowest BCUT2D eigenvalue weighted by Gasteiger charge is -2.38. The summed E-state index contributed by atoms with van der Waals surface area (Å²) in [7, 11) is 0.521. The molecular weight excluding hydrogens is 388 g/mol. The summed E-state index contributed by atoms with van der Waals surface area (Å²) in [5, 5.41) is 0. The molecule has 1 unspecified atom stereocenters. The van der Waals surface area contributed by atoms with Gasteiger partial charge in [0.1, 0.15) is 5.75 Å². The molecule has 2 heterocycles. The highest BCUT2D eigenvalue weighted by Gasteiger charge is 2.27. The van der Waals surface area contributed by atoms with Crippen LogP contribution in [0.5, 0.6) is 5.75 Å². The van der Waals surface area contributed by atoms with E-state index in [-0.39, 0.29) is 10.9 Å². The molecule has 0 saturated carbocycles. The largest absolute Gasteiger partial charge is 0.494 e. The maximum atomic E-state index is 12.9. The van der Waals surface area contributed by atoms with Crippen LogP contribution in [0.25, 0.3) is 0 Å². The van der Waals surface area contributed by atoms with Crippen molar-refractivity contribution in [3.8, 4) is 5.75 Å². The Morgan fingerprint density at radius 3 is 2.34 bits per heavy atom. The van der Waals surface area contributed by atoms with Gasteiger partial charge in [0, 0.05) is 51.7 Å². The van der Waals surface area contributed by atoms with Crippen LogP contribution >= 0.6 is 0 Å². The molecule has 0 aliphatic carbocycles. The zero-order chi connectivity index (χ0) is 20.9. The van der Waals surface area contributed by atoms with Crippen LogP contribution in [0, 0.1) is 0 Å². The topological polar surface area (TPSA) is 66.8 Å². The van der Waals surface area contributed by atoms with Gasteiger partial charge in [0.05, 0.1) is 17.5 Å². The van der Waals surface area contributed by atoms with E-state index in [9.17, 15) is 8.42 Å². The number of likely N-dealkylation sites (N-methyl/N-ethyl adjacent to an activating group) is 1. The average Bonchev–Trinajstić information content (AvgIpc) is 3.14. The average molecular weight is 421 g/mol. The molecule has 7 nitrogen and oxygen atoms in total. The van der Waals surface area contributed by atoms with Gasteiger partial charge < -0.3 is 14.2 Å². The Bertz CT molecular complexity index is 872. The zero-order valence-electron chi connectivity index (χ0n) is 17.5. The van der Waals surface area contributed by atoms with E-state index >= 15 is 0 Å². The summed E-state index contributed by atoms with van der Waals surface area (Å²) in [6, 6.07) is 10.7. The molecule has 0 radical (unpaired) electrons. The lowest BCUT2D eigenvalue weighted by molar-refractivity contribution is 0.109. The fourth-order valence-corrected chi connectivity index (χ4v) is 4.62. The van der Waals surface area contributed by atoms with E-state index in [1.54, 1.807) is 24.3 Å². The van der Waals surface area contributed by atoms with Gasteiger partial charge in [0.2, 0.25) is 10.0 Å². The van der Waals surface area contributed by atoms with Crippen LogP contribution in [0.4, 0.5) is 0 Å². The van der Waals surface area contributed by atoms with Crippen LogP contribution < -0.4 is 9.46 Å². The van der Waals surface area contributed by atoms with Crippen LogP contribution in [0.3, 0.4) is 0 Å². The summed E-state index contributed by atoms with van der Waals surface area (Å²) < 4.78 is 36.2. The Labute approximate surface area is 174 Å². The minimum atomic E-state index is -3.60. The van der Waals surface area contributed by atoms with Gasteiger partial charge in [-0.2, -0.15) is 0 Å². The van der Waals surface area contributed by atoms with Crippen LogP contribution in [-0.2, 0) is 17.1 Å². The molecule has 1 fully saturated rings. The fraction of sp³-hybridized carbons (Fsp3) is 0.524. The molecule has 1 N–H and O–H groups in total. The molecule has 1 aromatic carbocycles. The normalized spacial score (nSPS) is 17.3. The number of piperazine rings is 1. The third-order valence-corrected chi connectivity index (χ3v) is 6.82. The molecule has 1 aromatic heterocycles. The minimum Gasteiger partial charge on any atom is -0.494 e. The predicted molar refractivity (Wildman–Crippen MR) is 115 cm³/mol. The number of hydrogen-bond acceptors (Lipinski definition) is 5. The van der Waals surface area contributed by atoms with Gasteiger partial charge in [-0.3, -0.25) is 4.90 Å². The summed E-state index contributed by atoms with van der Waals surface area (Å²) in [6.07, 6.45) is 2.91. The third kappa shape index (κ3) is 5.60. The van der Waals surface area contributed by atoms with E-state index in [1.165, 1.54) is 0 Å². The van der Waals surface area contributed by atoms with Gasteiger partial charge in [0.15, 0.2) is 0 Å². The van der Waals surface area contributed by atoms with E-state index in [1.807, 2.05) is 26.2 Å². The van der Waals surface area contributed by atoms with Gasteiger partial charge in [0.25, 0.3) is 0 Å². The second-order valence-corrected chi connectivity index (χ2v) is 9.34. The van der Waals surface area contributed by atoms with E-state index in [2.05, 4.69) is 32.2 Å². The molecule has 8 heteroatoms. The molecule has 160 valence electrons. The highest BCUT2D eigenvalue weighted by Crippen LogP contribution is 2.23. The molecule has 2 aromatic rings. The summed E-state index contributed by atoms with van der Waals surface area (Å²) >= 11 is 0. The van der Waals surface area contributed by atoms with Crippen molar-refractivity contribution >= 4 is 10.0 Å². The van der Waals surface area contributed by atoms with E-state index < -0.39 is 10.0 Å². The molecule has 1 atom stereocenters. The number of aromatic nitrogens is 1. The van der Waals surface area contributed by atoms with Crippen molar-refractivity contribution in [1.29, 1.82) is 0 Å². The standard InChI is InChI=1S/C21H32N4O3S/c1-4-16-28-18-7-9-19(10-8-18)29(26,27)22-17-21(20-6-5-11-24(20)3)25-14-12-23(2)13-15-25/h5-11,21-22H,4,12-17H2,1-3H3. The molecule has 0 spiro atoms. The van der Waals surface area contributed by atoms with Crippen molar-refractivity contribution in [2.24, 2.45) is 7.05 Å². The van der Waals surface area contributed by atoms with Gasteiger partial charge in [-0.15, -0.1) is 0 Å². The van der Waals surface area contributed by atoms with Crippen LogP contribution in [-0.4, -0.2) is 69.2 Å². The van der Waals surface area contributed by atoms with Crippen molar-refractivity contribution in [2.45, 2.75) is 24.3 Å². The summed E-state index contributed by atoms with van der Waals surface area (Å²) in [5.41, 5.74) is 1.11. The summed E-state index contributed by atoms with van der Waals surface area (Å²) in [6.45, 7) is 6.77. The number of ether oxygens (including phenoxy) is 1. The Morgan fingerprint density at radius 1 is 1.07 bits per heavy atom. The lowest BCUT2D eigenvalue weighted by Crippen LogP contribution is -2.48. The molecule has 29 heavy (non-hydrogen) atoms. The first kappa shape index (κ1) is 21.8. The SMILES string of the molecule is CCCOc1ccc(S(=O)(=O)NCC(c2cccn2C)N2CCN(C)CC2)cc1. The number of rotatable bonds is 9. The minimum absolute atomic E-state index is 0.00867. The monoisotopic (exact) mass is 420 g/mol. The second kappa shape index (κ2) is 9.75. The molecule has 1 aliphatic rings. The first-order valence-electron chi connectivity index (χ1n) is 10.2. The van der Waals surface area contributed by atoms with Gasteiger partial charge in [-0.1, -0.05) is 6.92 Å². The van der Waals surface area contributed by atoms with E-state index in [4.69, 9.17) is 4.74 Å². The van der Waals surface area contributed by atoms with Gasteiger partial charge in [-0.05, 0) is 49.9 Å². The first-order valence-corrected chi connectivity index (χ1v) is 11.7. The smallest absolute Gasteiger partial charge is 0.240 e. The number of nitrogens with one attached hydrogen (secondary N) is 1. The number of sulfonamides is 1. The van der Waals surface area contributed by atoms with Crippen molar-refractivity contribution < 1.29 is 13.2 Å². The quantitative estimate of drug-likeness (QED) is 0.673. The zero-order valence-corrected chi connectivity index (χ0v) is 18.4. The summed E-state index contributed by atoms with van der Waals surface area (Å²) in [5.74, 6) is 0.685. The van der Waals surface area contributed by atoms with Gasteiger partial charge >= 0.3 is 0 Å². The number of nitrogens with zero attached hydrogens (tertiary/aromatic N) is 3. The van der Waals surface area contributed by atoms with Gasteiger partial charge in [-0.25, -0.2) is 13.1 Å². The molecule has 1 aliphatic heterocycles. The van der Waals surface area contributed by atoms with Crippen molar-refractivity contribution in [3.63, 3.8) is 0 Å². The molecule has 1 saturated heterocycles. The fourth-order valence-electron chi connectivity index (χ4n) is 3.58. The van der Waals surface area contributed by atoms with Crippen molar-refractivity contribution in [2.75, 3.05) is 46.4 Å². The molecule has 0 amide bonds. The van der Waals surface area contributed by atoms with Crippen LogP contribution in [0.2, 0.25) is 0 Å². The maximum Gasteiger partial charge on any atom is 0.240 e. The Balaban J connectivity index is 1.71. The molecule has 0 bridgehead atoms. The number of benzene rings is 1. The Morgan fingerprint density at radius 2 is 1.76 bits per heavy atom. The second-order valence-electron chi connectivity index (χ2n) is 7.57. The predicted octanol–water partition coefficient (Wildman–Crippen LogP) is 2.08. The molecular formula is C21H32N4O3S. The van der Waals surface area contributed by atoms with Crippen LogP contribution in [0.15, 0.2) is 47.5 Å². The highest BCUT2D eigenvalue weighted by molar-refractivity contribution is 7.89. The highest BCUT2D eigenvalue weighted by atomic mass is 32.2. The number of hydrogen-bond donors (Lipinski definition) is 1. The third-order valence-electron chi connectivity index (χ3n) is 5.38. The van der Waals surface area contributed by atoms with Crippen molar-refractivity contribution in [1.82, 2.24) is 19.1 Å². The maximum absolute atomic E-state index is 12.9. The van der Waals surface area contributed by atoms with E-state index in [0.717, 1.165) is 38.3 Å². The Kier molecular flexibility index (Phi) is 7.34. The number of aryl methyl sites for hydroxylation is 1. The lowest BCUT2D eigenvalue weighted by atomic mass is 10.1. The Hall–Kier alpha value is -1.87.